The third-order valence-electron chi connectivity index (χ3n) is 4.00. The fraction of sp³-hybridized carbons (Fsp3) is 0.294. The summed E-state index contributed by atoms with van der Waals surface area (Å²) < 4.78 is 0. The van der Waals surface area contributed by atoms with E-state index in [1.54, 1.807) is 7.05 Å². The lowest BCUT2D eigenvalue weighted by Crippen LogP contribution is -2.18. The van der Waals surface area contributed by atoms with Crippen molar-refractivity contribution in [1.82, 2.24) is 10.3 Å². The van der Waals surface area contributed by atoms with E-state index in [4.69, 9.17) is 0 Å². The average molecular weight is 281 g/mol. The van der Waals surface area contributed by atoms with E-state index in [1.165, 1.54) is 5.56 Å². The van der Waals surface area contributed by atoms with Crippen molar-refractivity contribution in [3.05, 3.63) is 58.9 Å². The number of benzene rings is 1. The van der Waals surface area contributed by atoms with Crippen LogP contribution in [0.1, 0.15) is 39.6 Å². The molecule has 1 aromatic carbocycles. The van der Waals surface area contributed by atoms with Gasteiger partial charge >= 0.3 is 0 Å². The Morgan fingerprint density at radius 2 is 2.19 bits per heavy atom. The smallest absolute Gasteiger partial charge is 0.251 e. The van der Waals surface area contributed by atoms with Gasteiger partial charge in [0.2, 0.25) is 0 Å². The molecule has 4 heteroatoms. The van der Waals surface area contributed by atoms with Gasteiger partial charge in [0.05, 0.1) is 11.7 Å². The molecule has 0 saturated heterocycles. The van der Waals surface area contributed by atoms with Crippen LogP contribution >= 0.6 is 0 Å². The van der Waals surface area contributed by atoms with Crippen molar-refractivity contribution in [3.8, 4) is 0 Å². The average Bonchev–Trinajstić information content (AvgIpc) is 2.92. The van der Waals surface area contributed by atoms with Gasteiger partial charge in [-0.1, -0.05) is 6.07 Å². The Hall–Kier alpha value is -2.36. The predicted molar refractivity (Wildman–Crippen MR) is 83.5 cm³/mol. The second-order valence-corrected chi connectivity index (χ2v) is 5.39. The fourth-order valence-corrected chi connectivity index (χ4v) is 2.85. The lowest BCUT2D eigenvalue weighted by molar-refractivity contribution is 0.0963. The molecular weight excluding hydrogens is 262 g/mol. The highest BCUT2D eigenvalue weighted by molar-refractivity contribution is 5.94. The van der Waals surface area contributed by atoms with Gasteiger partial charge in [0.25, 0.3) is 5.91 Å². The summed E-state index contributed by atoms with van der Waals surface area (Å²) in [6.07, 6.45) is 3.97. The summed E-state index contributed by atoms with van der Waals surface area (Å²) in [5, 5.41) is 6.20. The molecule has 2 N–H and O–H groups in total. The number of hydrogen-bond acceptors (Lipinski definition) is 3. The maximum absolute atomic E-state index is 11.6. The van der Waals surface area contributed by atoms with Crippen LogP contribution < -0.4 is 10.6 Å². The number of amides is 1. The predicted octanol–water partition coefficient (Wildman–Crippen LogP) is 2.85. The molecule has 4 nitrogen and oxygen atoms in total. The number of anilines is 1. The highest BCUT2D eigenvalue weighted by atomic mass is 16.1. The first-order valence-corrected chi connectivity index (χ1v) is 7.22. The van der Waals surface area contributed by atoms with Gasteiger partial charge in [-0.3, -0.25) is 9.78 Å². The molecule has 2 aromatic rings. The van der Waals surface area contributed by atoms with Gasteiger partial charge in [0.1, 0.15) is 0 Å². The fourth-order valence-electron chi connectivity index (χ4n) is 2.85. The molecule has 108 valence electrons. The van der Waals surface area contributed by atoms with Gasteiger partial charge in [0.15, 0.2) is 0 Å². The van der Waals surface area contributed by atoms with Gasteiger partial charge in [-0.2, -0.15) is 0 Å². The van der Waals surface area contributed by atoms with Crippen LogP contribution in [0.3, 0.4) is 0 Å². The number of fused-ring (bicyclic) bond motifs is 1. The Labute approximate surface area is 124 Å². The Kier molecular flexibility index (Phi) is 3.60. The van der Waals surface area contributed by atoms with Crippen molar-refractivity contribution < 1.29 is 4.79 Å². The standard InChI is InChI=1S/C17H19N3O/c1-11-10-13(17(21)18-2)6-7-14(11)20-15-8-5-12-4-3-9-19-16(12)15/h3-4,6-7,9-10,15,20H,5,8H2,1-2H3,(H,18,21). The number of pyridine rings is 1. The summed E-state index contributed by atoms with van der Waals surface area (Å²) in [6, 6.07) is 10.1. The first kappa shape index (κ1) is 13.6. The highest BCUT2D eigenvalue weighted by Crippen LogP contribution is 2.33. The van der Waals surface area contributed by atoms with Crippen LogP contribution in [0, 0.1) is 6.92 Å². The SMILES string of the molecule is CNC(=O)c1ccc(NC2CCc3cccnc32)c(C)c1. The zero-order valence-corrected chi connectivity index (χ0v) is 12.3. The summed E-state index contributed by atoms with van der Waals surface area (Å²) in [5.74, 6) is -0.0578. The van der Waals surface area contributed by atoms with Gasteiger partial charge in [-0.05, 0) is 55.2 Å². The van der Waals surface area contributed by atoms with Gasteiger partial charge in [-0.25, -0.2) is 0 Å². The number of nitrogens with one attached hydrogen (secondary N) is 2. The van der Waals surface area contributed by atoms with Crippen LogP contribution in [-0.2, 0) is 6.42 Å². The minimum absolute atomic E-state index is 0.0578. The first-order chi connectivity index (χ1) is 10.2. The van der Waals surface area contributed by atoms with Crippen molar-refractivity contribution in [2.45, 2.75) is 25.8 Å². The van der Waals surface area contributed by atoms with Crippen LogP contribution in [0.4, 0.5) is 5.69 Å². The van der Waals surface area contributed by atoms with Crippen LogP contribution in [0.15, 0.2) is 36.5 Å². The van der Waals surface area contributed by atoms with Crippen molar-refractivity contribution >= 4 is 11.6 Å². The summed E-state index contributed by atoms with van der Waals surface area (Å²) >= 11 is 0. The monoisotopic (exact) mass is 281 g/mol. The van der Waals surface area contributed by atoms with E-state index < -0.39 is 0 Å². The van der Waals surface area contributed by atoms with Gasteiger partial charge < -0.3 is 10.6 Å². The number of aryl methyl sites for hydroxylation is 2. The minimum atomic E-state index is -0.0578. The summed E-state index contributed by atoms with van der Waals surface area (Å²) in [4.78, 5) is 16.1. The van der Waals surface area contributed by atoms with E-state index in [0.29, 0.717) is 5.56 Å². The number of rotatable bonds is 3. The number of carbonyl (C=O) groups excluding carboxylic acids is 1. The Morgan fingerprint density at radius 3 is 2.95 bits per heavy atom. The maximum atomic E-state index is 11.6. The van der Waals surface area contributed by atoms with Crippen LogP contribution in [0.25, 0.3) is 0 Å². The van der Waals surface area contributed by atoms with E-state index in [-0.39, 0.29) is 11.9 Å². The molecule has 1 heterocycles. The molecule has 21 heavy (non-hydrogen) atoms. The molecule has 1 aliphatic carbocycles. The molecule has 1 unspecified atom stereocenters. The second-order valence-electron chi connectivity index (χ2n) is 5.39. The van der Waals surface area contributed by atoms with E-state index >= 15 is 0 Å². The quantitative estimate of drug-likeness (QED) is 0.909. The third-order valence-corrected chi connectivity index (χ3v) is 4.00. The van der Waals surface area contributed by atoms with Crippen molar-refractivity contribution in [3.63, 3.8) is 0 Å². The largest absolute Gasteiger partial charge is 0.376 e. The molecule has 0 fully saturated rings. The number of nitrogens with zero attached hydrogens (tertiary/aromatic N) is 1. The van der Waals surface area contributed by atoms with Crippen LogP contribution in [0.5, 0.6) is 0 Å². The molecule has 0 aliphatic heterocycles. The van der Waals surface area contributed by atoms with Crippen molar-refractivity contribution in [2.75, 3.05) is 12.4 Å². The maximum Gasteiger partial charge on any atom is 0.251 e. The van der Waals surface area contributed by atoms with Crippen LogP contribution in [0.2, 0.25) is 0 Å². The lowest BCUT2D eigenvalue weighted by atomic mass is 10.1. The highest BCUT2D eigenvalue weighted by Gasteiger charge is 2.23. The number of carbonyl (C=O) groups is 1. The molecule has 1 aromatic heterocycles. The zero-order chi connectivity index (χ0) is 14.8. The molecule has 1 amide bonds. The molecule has 3 rings (SSSR count). The third kappa shape index (κ3) is 2.61. The first-order valence-electron chi connectivity index (χ1n) is 7.22. The molecule has 0 spiro atoms. The van der Waals surface area contributed by atoms with Crippen molar-refractivity contribution in [1.29, 1.82) is 0 Å². The number of aromatic nitrogens is 1. The van der Waals surface area contributed by atoms with E-state index in [1.807, 2.05) is 37.4 Å². The molecule has 1 atom stereocenters. The minimum Gasteiger partial charge on any atom is -0.376 e. The summed E-state index contributed by atoms with van der Waals surface area (Å²) in [7, 11) is 1.64. The van der Waals surface area contributed by atoms with Crippen LogP contribution in [-0.4, -0.2) is 17.9 Å². The topological polar surface area (TPSA) is 54.0 Å². The molecular formula is C17H19N3O. The van der Waals surface area contributed by atoms with Gasteiger partial charge in [-0.15, -0.1) is 0 Å². The second kappa shape index (κ2) is 5.56. The molecule has 0 bridgehead atoms. The summed E-state index contributed by atoms with van der Waals surface area (Å²) in [6.45, 7) is 2.02. The lowest BCUT2D eigenvalue weighted by Gasteiger charge is -2.17. The van der Waals surface area contributed by atoms with E-state index in [0.717, 1.165) is 29.8 Å². The Bertz CT molecular complexity index is 681. The number of hydrogen-bond donors (Lipinski definition) is 2. The molecule has 0 saturated carbocycles. The van der Waals surface area contributed by atoms with Crippen molar-refractivity contribution in [2.24, 2.45) is 0 Å². The summed E-state index contributed by atoms with van der Waals surface area (Å²) in [5.41, 5.74) is 5.29. The van der Waals surface area contributed by atoms with E-state index in [2.05, 4.69) is 21.7 Å². The Balaban J connectivity index is 1.82. The van der Waals surface area contributed by atoms with Gasteiger partial charge in [0, 0.05) is 24.5 Å². The normalized spacial score (nSPS) is 16.4. The van der Waals surface area contributed by atoms with E-state index in [9.17, 15) is 4.79 Å². The Morgan fingerprint density at radius 1 is 1.33 bits per heavy atom. The molecule has 0 radical (unpaired) electrons. The zero-order valence-electron chi connectivity index (χ0n) is 12.3. The molecule has 1 aliphatic rings.